The zero-order valence-corrected chi connectivity index (χ0v) is 13.8. The van der Waals surface area contributed by atoms with Crippen molar-refractivity contribution in [2.45, 2.75) is 14.9 Å². The van der Waals surface area contributed by atoms with E-state index in [1.54, 1.807) is 31.3 Å². The first kappa shape index (κ1) is 16.8. The Labute approximate surface area is 138 Å². The number of nitrogens with one attached hydrogen (secondary N) is 1. The highest BCUT2D eigenvalue weighted by molar-refractivity contribution is 8.02. The van der Waals surface area contributed by atoms with E-state index in [2.05, 4.69) is 15.3 Å². The molecule has 2 rings (SSSR count). The average Bonchev–Trinajstić information content (AvgIpc) is 2.55. The predicted molar refractivity (Wildman–Crippen MR) is 88.2 cm³/mol. The molecule has 1 amide bonds. The number of rotatable bonds is 8. The van der Waals surface area contributed by atoms with Crippen LogP contribution in [0.2, 0.25) is 0 Å². The monoisotopic (exact) mass is 335 g/mol. The van der Waals surface area contributed by atoms with Crippen LogP contribution in [0.4, 0.5) is 0 Å². The Balaban J connectivity index is 1.92. The summed E-state index contributed by atoms with van der Waals surface area (Å²) in [7, 11) is 1.60. The van der Waals surface area contributed by atoms with Crippen molar-refractivity contribution in [1.82, 2.24) is 15.3 Å². The highest BCUT2D eigenvalue weighted by Gasteiger charge is 2.10. The van der Waals surface area contributed by atoms with Crippen molar-refractivity contribution in [2.75, 3.05) is 26.0 Å². The molecule has 1 aromatic carbocycles. The highest BCUT2D eigenvalue weighted by atomic mass is 32.2. The van der Waals surface area contributed by atoms with Gasteiger partial charge in [0.05, 0.1) is 12.4 Å². The molecule has 0 aliphatic heterocycles. The van der Waals surface area contributed by atoms with Gasteiger partial charge in [0.2, 0.25) is 5.91 Å². The Kier molecular flexibility index (Phi) is 7.21. The standard InChI is InChI=1S/C15H17N3O2S2/c1-20-10-9-16-13(19)11-21-14-15(18-8-7-17-14)22-12-5-3-2-4-6-12/h2-8H,9-11H2,1H3,(H,16,19). The second-order valence-corrected chi connectivity index (χ2v) is 6.24. The molecule has 0 saturated carbocycles. The molecule has 0 aliphatic carbocycles. The molecular formula is C15H17N3O2S2. The SMILES string of the molecule is COCCNC(=O)CSc1nccnc1Sc1ccccc1. The number of aromatic nitrogens is 2. The summed E-state index contributed by atoms with van der Waals surface area (Å²) in [5.41, 5.74) is 0. The molecule has 0 fully saturated rings. The smallest absolute Gasteiger partial charge is 0.230 e. The summed E-state index contributed by atoms with van der Waals surface area (Å²) in [6.45, 7) is 1.03. The lowest BCUT2D eigenvalue weighted by Crippen LogP contribution is -2.28. The third-order valence-electron chi connectivity index (χ3n) is 2.56. The maximum absolute atomic E-state index is 11.7. The lowest BCUT2D eigenvalue weighted by molar-refractivity contribution is -0.118. The Bertz CT molecular complexity index is 596. The molecule has 5 nitrogen and oxygen atoms in total. The fourth-order valence-electron chi connectivity index (χ4n) is 1.56. The van der Waals surface area contributed by atoms with E-state index < -0.39 is 0 Å². The van der Waals surface area contributed by atoms with E-state index in [0.29, 0.717) is 18.9 Å². The van der Waals surface area contributed by atoms with Gasteiger partial charge in [-0.15, -0.1) is 0 Å². The van der Waals surface area contributed by atoms with Crippen molar-refractivity contribution in [1.29, 1.82) is 0 Å². The molecule has 0 atom stereocenters. The van der Waals surface area contributed by atoms with Gasteiger partial charge in [0.25, 0.3) is 0 Å². The van der Waals surface area contributed by atoms with Crippen molar-refractivity contribution in [3.63, 3.8) is 0 Å². The van der Waals surface area contributed by atoms with Gasteiger partial charge in [-0.1, -0.05) is 41.7 Å². The van der Waals surface area contributed by atoms with Gasteiger partial charge in [-0.3, -0.25) is 4.79 Å². The Morgan fingerprint density at radius 2 is 1.91 bits per heavy atom. The van der Waals surface area contributed by atoms with Gasteiger partial charge in [0.15, 0.2) is 0 Å². The van der Waals surface area contributed by atoms with Crippen molar-refractivity contribution in [3.05, 3.63) is 42.7 Å². The molecule has 0 unspecified atom stereocenters. The summed E-state index contributed by atoms with van der Waals surface area (Å²) >= 11 is 2.93. The largest absolute Gasteiger partial charge is 0.383 e. The third-order valence-corrected chi connectivity index (χ3v) is 4.67. The summed E-state index contributed by atoms with van der Waals surface area (Å²) in [6, 6.07) is 9.97. The number of hydrogen-bond acceptors (Lipinski definition) is 6. The normalized spacial score (nSPS) is 10.4. The van der Waals surface area contributed by atoms with Gasteiger partial charge in [-0.2, -0.15) is 0 Å². The lowest BCUT2D eigenvalue weighted by Gasteiger charge is -2.07. The second kappa shape index (κ2) is 9.45. The van der Waals surface area contributed by atoms with Crippen molar-refractivity contribution in [2.24, 2.45) is 0 Å². The lowest BCUT2D eigenvalue weighted by atomic mass is 10.4. The maximum Gasteiger partial charge on any atom is 0.230 e. The fraction of sp³-hybridized carbons (Fsp3) is 0.267. The average molecular weight is 335 g/mol. The molecule has 0 aliphatic rings. The van der Waals surface area contributed by atoms with Gasteiger partial charge in [0.1, 0.15) is 10.1 Å². The quantitative estimate of drug-likeness (QED) is 0.591. The van der Waals surface area contributed by atoms with Crippen LogP contribution in [-0.2, 0) is 9.53 Å². The minimum absolute atomic E-state index is 0.0386. The zero-order chi connectivity index (χ0) is 15.6. The maximum atomic E-state index is 11.7. The minimum atomic E-state index is -0.0386. The third kappa shape index (κ3) is 5.67. The van der Waals surface area contributed by atoms with E-state index in [1.807, 2.05) is 30.3 Å². The molecule has 0 spiro atoms. The number of methoxy groups -OCH3 is 1. The second-order valence-electron chi connectivity index (χ2n) is 4.21. The van der Waals surface area contributed by atoms with E-state index in [1.165, 1.54) is 11.8 Å². The number of carbonyl (C=O) groups is 1. The molecule has 2 aromatic rings. The zero-order valence-electron chi connectivity index (χ0n) is 12.2. The van der Waals surface area contributed by atoms with Crippen LogP contribution in [0.15, 0.2) is 57.7 Å². The molecule has 1 heterocycles. The molecule has 22 heavy (non-hydrogen) atoms. The van der Waals surface area contributed by atoms with Gasteiger partial charge < -0.3 is 10.1 Å². The van der Waals surface area contributed by atoms with Crippen molar-refractivity contribution < 1.29 is 9.53 Å². The van der Waals surface area contributed by atoms with Crippen LogP contribution in [0.5, 0.6) is 0 Å². The summed E-state index contributed by atoms with van der Waals surface area (Å²) < 4.78 is 4.89. The van der Waals surface area contributed by atoms with Crippen molar-refractivity contribution >= 4 is 29.4 Å². The number of amides is 1. The number of ether oxygens (including phenoxy) is 1. The molecule has 0 bridgehead atoms. The van der Waals surface area contributed by atoms with Crippen LogP contribution in [0.1, 0.15) is 0 Å². The first-order valence-electron chi connectivity index (χ1n) is 6.72. The fourth-order valence-corrected chi connectivity index (χ4v) is 3.31. The molecule has 7 heteroatoms. The Hall–Kier alpha value is -1.57. The number of nitrogens with zero attached hydrogens (tertiary/aromatic N) is 2. The first-order valence-corrected chi connectivity index (χ1v) is 8.52. The number of thioether (sulfide) groups is 1. The van der Waals surface area contributed by atoms with Crippen LogP contribution < -0.4 is 5.32 Å². The predicted octanol–water partition coefficient (Wildman–Crippen LogP) is 2.48. The van der Waals surface area contributed by atoms with E-state index in [9.17, 15) is 4.79 Å². The van der Waals surface area contributed by atoms with Gasteiger partial charge in [-0.25, -0.2) is 9.97 Å². The number of benzene rings is 1. The van der Waals surface area contributed by atoms with Crippen LogP contribution in [0.3, 0.4) is 0 Å². The summed E-state index contributed by atoms with van der Waals surface area (Å²) in [5.74, 6) is 0.272. The summed E-state index contributed by atoms with van der Waals surface area (Å²) in [4.78, 5) is 21.5. The molecule has 1 aromatic heterocycles. The van der Waals surface area contributed by atoms with E-state index in [0.717, 1.165) is 14.9 Å². The summed E-state index contributed by atoms with van der Waals surface area (Å²) in [5, 5.41) is 4.35. The summed E-state index contributed by atoms with van der Waals surface area (Å²) in [6.07, 6.45) is 3.30. The van der Waals surface area contributed by atoms with E-state index >= 15 is 0 Å². The van der Waals surface area contributed by atoms with Gasteiger partial charge in [-0.05, 0) is 12.1 Å². The molecular weight excluding hydrogens is 318 g/mol. The van der Waals surface area contributed by atoms with Crippen molar-refractivity contribution in [3.8, 4) is 0 Å². The Morgan fingerprint density at radius 1 is 1.18 bits per heavy atom. The molecule has 116 valence electrons. The van der Waals surface area contributed by atoms with E-state index in [4.69, 9.17) is 4.74 Å². The van der Waals surface area contributed by atoms with Crippen LogP contribution in [0, 0.1) is 0 Å². The van der Waals surface area contributed by atoms with Crippen LogP contribution in [-0.4, -0.2) is 41.9 Å². The van der Waals surface area contributed by atoms with Crippen LogP contribution in [0.25, 0.3) is 0 Å². The topological polar surface area (TPSA) is 64.1 Å². The number of carbonyl (C=O) groups excluding carboxylic acids is 1. The molecule has 0 saturated heterocycles. The van der Waals surface area contributed by atoms with Crippen LogP contribution >= 0.6 is 23.5 Å². The minimum Gasteiger partial charge on any atom is -0.383 e. The highest BCUT2D eigenvalue weighted by Crippen LogP contribution is 2.32. The van der Waals surface area contributed by atoms with Gasteiger partial charge in [0, 0.05) is 30.9 Å². The molecule has 1 N–H and O–H groups in total. The number of hydrogen-bond donors (Lipinski definition) is 1. The first-order chi connectivity index (χ1) is 10.8. The molecule has 0 radical (unpaired) electrons. The Morgan fingerprint density at radius 3 is 2.64 bits per heavy atom. The van der Waals surface area contributed by atoms with Gasteiger partial charge >= 0.3 is 0 Å². The van der Waals surface area contributed by atoms with E-state index in [-0.39, 0.29) is 5.91 Å².